The molecule has 1 fully saturated rings. The van der Waals surface area contributed by atoms with Crippen LogP contribution in [0.3, 0.4) is 0 Å². The lowest BCUT2D eigenvalue weighted by Gasteiger charge is -2.14. The van der Waals surface area contributed by atoms with Crippen LogP contribution in [0.2, 0.25) is 0 Å². The van der Waals surface area contributed by atoms with Crippen molar-refractivity contribution in [3.05, 3.63) is 12.4 Å². The van der Waals surface area contributed by atoms with Gasteiger partial charge in [-0.15, -0.1) is 0 Å². The molecule has 0 aliphatic carbocycles. The van der Waals surface area contributed by atoms with Gasteiger partial charge in [-0.25, -0.2) is 9.97 Å². The molecule has 18 heavy (non-hydrogen) atoms. The number of nitrogens with one attached hydrogen (secondary N) is 1. The molecule has 1 saturated heterocycles. The van der Waals surface area contributed by atoms with E-state index in [1.165, 1.54) is 12.8 Å². The van der Waals surface area contributed by atoms with Crippen LogP contribution in [0, 0.1) is 0 Å². The first-order valence-corrected chi connectivity index (χ1v) is 6.15. The van der Waals surface area contributed by atoms with Crippen molar-refractivity contribution in [1.82, 2.24) is 9.97 Å². The standard InChI is InChI=1S/C12H18N4O2/c1-18-7-4-11(17)15-10-8-13-12(14-9-10)16-5-2-3-6-16/h8-9H,2-7H2,1H3,(H,15,17). The van der Waals surface area contributed by atoms with Crippen molar-refractivity contribution in [2.75, 3.05) is 37.0 Å². The first kappa shape index (κ1) is 12.8. The number of methoxy groups -OCH3 is 1. The van der Waals surface area contributed by atoms with Crippen molar-refractivity contribution in [3.63, 3.8) is 0 Å². The number of carbonyl (C=O) groups is 1. The predicted octanol–water partition coefficient (Wildman–Crippen LogP) is 1.05. The van der Waals surface area contributed by atoms with Crippen molar-refractivity contribution < 1.29 is 9.53 Å². The number of carbonyl (C=O) groups excluding carboxylic acids is 1. The van der Waals surface area contributed by atoms with Crippen LogP contribution in [0.25, 0.3) is 0 Å². The van der Waals surface area contributed by atoms with E-state index in [-0.39, 0.29) is 5.91 Å². The molecule has 0 aromatic carbocycles. The Bertz CT molecular complexity index is 388. The summed E-state index contributed by atoms with van der Waals surface area (Å²) < 4.78 is 4.84. The summed E-state index contributed by atoms with van der Waals surface area (Å²) in [5.74, 6) is 0.650. The monoisotopic (exact) mass is 250 g/mol. The van der Waals surface area contributed by atoms with Gasteiger partial charge in [0.25, 0.3) is 0 Å². The Hall–Kier alpha value is -1.69. The molecular formula is C12H18N4O2. The van der Waals surface area contributed by atoms with E-state index in [0.29, 0.717) is 18.7 Å². The first-order valence-electron chi connectivity index (χ1n) is 6.15. The van der Waals surface area contributed by atoms with E-state index in [0.717, 1.165) is 19.0 Å². The average molecular weight is 250 g/mol. The van der Waals surface area contributed by atoms with E-state index in [1.807, 2.05) is 0 Å². The molecule has 2 rings (SSSR count). The lowest BCUT2D eigenvalue weighted by molar-refractivity contribution is -0.117. The summed E-state index contributed by atoms with van der Waals surface area (Å²) in [6.45, 7) is 2.44. The van der Waals surface area contributed by atoms with Crippen molar-refractivity contribution in [2.45, 2.75) is 19.3 Å². The van der Waals surface area contributed by atoms with Gasteiger partial charge in [-0.2, -0.15) is 0 Å². The van der Waals surface area contributed by atoms with E-state index in [4.69, 9.17) is 4.74 Å². The molecule has 0 atom stereocenters. The van der Waals surface area contributed by atoms with E-state index in [2.05, 4.69) is 20.2 Å². The summed E-state index contributed by atoms with van der Waals surface area (Å²) >= 11 is 0. The molecule has 1 N–H and O–H groups in total. The van der Waals surface area contributed by atoms with Crippen molar-refractivity contribution in [1.29, 1.82) is 0 Å². The predicted molar refractivity (Wildman–Crippen MR) is 68.6 cm³/mol. The quantitative estimate of drug-likeness (QED) is 0.846. The SMILES string of the molecule is COCCC(=O)Nc1cnc(N2CCCC2)nc1. The molecule has 2 heterocycles. The molecule has 0 unspecified atom stereocenters. The van der Waals surface area contributed by atoms with Crippen LogP contribution >= 0.6 is 0 Å². The molecule has 6 heteroatoms. The van der Waals surface area contributed by atoms with Gasteiger partial charge in [0.2, 0.25) is 11.9 Å². The second kappa shape index (κ2) is 6.30. The average Bonchev–Trinajstić information content (AvgIpc) is 2.91. The Morgan fingerprint density at radius 2 is 2.06 bits per heavy atom. The molecule has 1 aliphatic rings. The third-order valence-electron chi connectivity index (χ3n) is 2.84. The van der Waals surface area contributed by atoms with Crippen molar-refractivity contribution in [2.24, 2.45) is 0 Å². The van der Waals surface area contributed by atoms with Gasteiger partial charge in [0, 0.05) is 20.2 Å². The largest absolute Gasteiger partial charge is 0.384 e. The smallest absolute Gasteiger partial charge is 0.226 e. The maximum Gasteiger partial charge on any atom is 0.226 e. The number of hydrogen-bond acceptors (Lipinski definition) is 5. The summed E-state index contributed by atoms with van der Waals surface area (Å²) in [6, 6.07) is 0. The zero-order chi connectivity index (χ0) is 12.8. The lowest BCUT2D eigenvalue weighted by atomic mass is 10.4. The van der Waals surface area contributed by atoms with E-state index < -0.39 is 0 Å². The molecule has 1 aromatic rings. The number of amides is 1. The minimum absolute atomic E-state index is 0.0885. The number of nitrogens with zero attached hydrogens (tertiary/aromatic N) is 3. The second-order valence-electron chi connectivity index (χ2n) is 4.26. The Morgan fingerprint density at radius 1 is 1.39 bits per heavy atom. The number of ether oxygens (including phenoxy) is 1. The van der Waals surface area contributed by atoms with Gasteiger partial charge in [-0.1, -0.05) is 0 Å². The van der Waals surface area contributed by atoms with Crippen LogP contribution in [-0.2, 0) is 9.53 Å². The summed E-state index contributed by atoms with van der Waals surface area (Å²) in [4.78, 5) is 22.1. The molecule has 6 nitrogen and oxygen atoms in total. The van der Waals surface area contributed by atoms with Crippen LogP contribution in [0.4, 0.5) is 11.6 Å². The Kier molecular flexibility index (Phi) is 4.46. The number of aromatic nitrogens is 2. The van der Waals surface area contributed by atoms with Crippen molar-refractivity contribution >= 4 is 17.5 Å². The lowest BCUT2D eigenvalue weighted by Crippen LogP contribution is -2.20. The Morgan fingerprint density at radius 3 is 2.67 bits per heavy atom. The number of anilines is 2. The molecule has 1 aliphatic heterocycles. The fourth-order valence-electron chi connectivity index (χ4n) is 1.88. The molecule has 1 aromatic heterocycles. The molecule has 0 saturated carbocycles. The Labute approximate surface area is 106 Å². The van der Waals surface area contributed by atoms with Crippen LogP contribution in [0.5, 0.6) is 0 Å². The van der Waals surface area contributed by atoms with Crippen LogP contribution < -0.4 is 10.2 Å². The van der Waals surface area contributed by atoms with Gasteiger partial charge in [0.05, 0.1) is 31.1 Å². The topological polar surface area (TPSA) is 67.3 Å². The highest BCUT2D eigenvalue weighted by atomic mass is 16.5. The molecule has 0 bridgehead atoms. The zero-order valence-corrected chi connectivity index (χ0v) is 10.6. The van der Waals surface area contributed by atoms with Gasteiger partial charge < -0.3 is 15.0 Å². The summed E-state index contributed by atoms with van der Waals surface area (Å²) in [5, 5.41) is 2.73. The van der Waals surface area contributed by atoms with E-state index in [1.54, 1.807) is 19.5 Å². The van der Waals surface area contributed by atoms with Gasteiger partial charge in [-0.05, 0) is 12.8 Å². The summed E-state index contributed by atoms with van der Waals surface area (Å²) in [6.07, 6.45) is 6.01. The first-order chi connectivity index (χ1) is 8.79. The van der Waals surface area contributed by atoms with Gasteiger partial charge in [-0.3, -0.25) is 4.79 Å². The number of hydrogen-bond donors (Lipinski definition) is 1. The third-order valence-corrected chi connectivity index (χ3v) is 2.84. The minimum Gasteiger partial charge on any atom is -0.384 e. The second-order valence-corrected chi connectivity index (χ2v) is 4.26. The highest BCUT2D eigenvalue weighted by molar-refractivity contribution is 5.90. The van der Waals surface area contributed by atoms with E-state index in [9.17, 15) is 4.79 Å². The van der Waals surface area contributed by atoms with Gasteiger partial charge >= 0.3 is 0 Å². The van der Waals surface area contributed by atoms with Crippen LogP contribution in [-0.4, -0.2) is 42.7 Å². The van der Waals surface area contributed by atoms with Crippen LogP contribution in [0.15, 0.2) is 12.4 Å². The maximum absolute atomic E-state index is 11.5. The highest BCUT2D eigenvalue weighted by Gasteiger charge is 2.14. The van der Waals surface area contributed by atoms with Crippen LogP contribution in [0.1, 0.15) is 19.3 Å². The third kappa shape index (κ3) is 3.40. The molecule has 1 amide bonds. The molecule has 0 spiro atoms. The highest BCUT2D eigenvalue weighted by Crippen LogP contribution is 2.16. The molecular weight excluding hydrogens is 232 g/mol. The maximum atomic E-state index is 11.5. The summed E-state index contributed by atoms with van der Waals surface area (Å²) in [7, 11) is 1.57. The number of rotatable bonds is 5. The van der Waals surface area contributed by atoms with Gasteiger partial charge in [0.15, 0.2) is 0 Å². The van der Waals surface area contributed by atoms with Crippen molar-refractivity contribution in [3.8, 4) is 0 Å². The molecule has 98 valence electrons. The fraction of sp³-hybridized carbons (Fsp3) is 0.583. The van der Waals surface area contributed by atoms with Gasteiger partial charge in [0.1, 0.15) is 0 Å². The minimum atomic E-state index is -0.0885. The molecule has 0 radical (unpaired) electrons. The fourth-order valence-corrected chi connectivity index (χ4v) is 1.88. The Balaban J connectivity index is 1.88. The summed E-state index contributed by atoms with van der Waals surface area (Å²) in [5.41, 5.74) is 0.624. The zero-order valence-electron chi connectivity index (χ0n) is 10.6. The van der Waals surface area contributed by atoms with E-state index >= 15 is 0 Å². The normalized spacial score (nSPS) is 14.8.